The first-order valence-electron chi connectivity index (χ1n) is 4.88. The molecule has 0 aliphatic heterocycles. The Balaban J connectivity index is 2.52. The van der Waals surface area contributed by atoms with Gasteiger partial charge in [0.1, 0.15) is 0 Å². The predicted molar refractivity (Wildman–Crippen MR) is 67.0 cm³/mol. The molecule has 0 bridgehead atoms. The summed E-state index contributed by atoms with van der Waals surface area (Å²) in [4.78, 5) is 0.985. The predicted octanol–water partition coefficient (Wildman–Crippen LogP) is 3.10. The molecule has 0 aromatic heterocycles. The van der Waals surface area contributed by atoms with Crippen LogP contribution >= 0.6 is 12.6 Å². The standard InChI is InChI=1S/C13H13NS/c14-9-10-6-7-13(15)12(8-10)11-4-2-1-3-5-11/h1-8,15H,9,14H2. The van der Waals surface area contributed by atoms with E-state index in [2.05, 4.69) is 30.8 Å². The lowest BCUT2D eigenvalue weighted by Gasteiger charge is -2.07. The zero-order chi connectivity index (χ0) is 10.7. The number of benzene rings is 2. The van der Waals surface area contributed by atoms with Crippen molar-refractivity contribution in [1.29, 1.82) is 0 Å². The van der Waals surface area contributed by atoms with Crippen molar-refractivity contribution in [1.82, 2.24) is 0 Å². The summed E-state index contributed by atoms with van der Waals surface area (Å²) in [5, 5.41) is 0. The molecule has 2 aromatic rings. The third-order valence-electron chi connectivity index (χ3n) is 2.38. The highest BCUT2D eigenvalue weighted by atomic mass is 32.1. The van der Waals surface area contributed by atoms with E-state index in [1.807, 2.05) is 30.3 Å². The summed E-state index contributed by atoms with van der Waals surface area (Å²) in [6, 6.07) is 16.3. The molecular weight excluding hydrogens is 202 g/mol. The normalized spacial score (nSPS) is 10.3. The molecule has 1 nitrogen and oxygen atoms in total. The van der Waals surface area contributed by atoms with Crippen molar-refractivity contribution in [3.8, 4) is 11.1 Å². The van der Waals surface area contributed by atoms with Gasteiger partial charge in [0.25, 0.3) is 0 Å². The van der Waals surface area contributed by atoms with E-state index in [4.69, 9.17) is 5.73 Å². The Bertz CT molecular complexity index is 451. The maximum atomic E-state index is 5.62. The molecule has 2 N–H and O–H groups in total. The molecule has 0 unspecified atom stereocenters. The molecule has 2 aromatic carbocycles. The molecule has 2 rings (SSSR count). The second kappa shape index (κ2) is 4.51. The maximum absolute atomic E-state index is 5.62. The molecule has 15 heavy (non-hydrogen) atoms. The fraction of sp³-hybridized carbons (Fsp3) is 0.0769. The van der Waals surface area contributed by atoms with Crippen LogP contribution in [0.3, 0.4) is 0 Å². The summed E-state index contributed by atoms with van der Waals surface area (Å²) in [5.74, 6) is 0. The molecule has 0 atom stereocenters. The van der Waals surface area contributed by atoms with Crippen LogP contribution in [0, 0.1) is 0 Å². The first-order chi connectivity index (χ1) is 7.31. The quantitative estimate of drug-likeness (QED) is 0.740. The highest BCUT2D eigenvalue weighted by Crippen LogP contribution is 2.27. The van der Waals surface area contributed by atoms with Crippen LogP contribution in [0.2, 0.25) is 0 Å². The maximum Gasteiger partial charge on any atom is 0.0178 e. The van der Waals surface area contributed by atoms with Crippen molar-refractivity contribution >= 4 is 12.6 Å². The summed E-state index contributed by atoms with van der Waals surface area (Å²) >= 11 is 4.45. The summed E-state index contributed by atoms with van der Waals surface area (Å²) in [5.41, 5.74) is 9.07. The molecule has 0 aliphatic carbocycles. The van der Waals surface area contributed by atoms with Gasteiger partial charge < -0.3 is 5.73 Å². The smallest absolute Gasteiger partial charge is 0.0178 e. The van der Waals surface area contributed by atoms with E-state index in [9.17, 15) is 0 Å². The lowest BCUT2D eigenvalue weighted by atomic mass is 10.0. The van der Waals surface area contributed by atoms with Crippen molar-refractivity contribution in [3.05, 3.63) is 54.1 Å². The van der Waals surface area contributed by atoms with Gasteiger partial charge in [0, 0.05) is 11.4 Å². The number of thiol groups is 1. The van der Waals surface area contributed by atoms with E-state index in [0.717, 1.165) is 16.0 Å². The molecule has 2 heteroatoms. The zero-order valence-electron chi connectivity index (χ0n) is 8.35. The summed E-state index contributed by atoms with van der Waals surface area (Å²) in [6.45, 7) is 0.563. The van der Waals surface area contributed by atoms with Gasteiger partial charge in [0.05, 0.1) is 0 Å². The Morgan fingerprint density at radius 2 is 1.73 bits per heavy atom. The SMILES string of the molecule is NCc1ccc(S)c(-c2ccccc2)c1. The lowest BCUT2D eigenvalue weighted by Crippen LogP contribution is -1.96. The van der Waals surface area contributed by atoms with Crippen LogP contribution in [-0.2, 0) is 6.54 Å². The van der Waals surface area contributed by atoms with E-state index in [1.165, 1.54) is 5.56 Å². The molecule has 0 saturated heterocycles. The summed E-state index contributed by atoms with van der Waals surface area (Å²) < 4.78 is 0. The Morgan fingerprint density at radius 1 is 1.00 bits per heavy atom. The highest BCUT2D eigenvalue weighted by molar-refractivity contribution is 7.80. The molecule has 0 fully saturated rings. The van der Waals surface area contributed by atoms with E-state index < -0.39 is 0 Å². The van der Waals surface area contributed by atoms with Gasteiger partial charge in [-0.2, -0.15) is 0 Å². The van der Waals surface area contributed by atoms with E-state index in [-0.39, 0.29) is 0 Å². The van der Waals surface area contributed by atoms with Gasteiger partial charge in [-0.15, -0.1) is 12.6 Å². The molecule has 0 radical (unpaired) electrons. The summed E-state index contributed by atoms with van der Waals surface area (Å²) in [6.07, 6.45) is 0. The van der Waals surface area contributed by atoms with Gasteiger partial charge in [-0.05, 0) is 28.8 Å². The van der Waals surface area contributed by atoms with Gasteiger partial charge in [-0.3, -0.25) is 0 Å². The van der Waals surface area contributed by atoms with Crippen molar-refractivity contribution < 1.29 is 0 Å². The number of nitrogens with two attached hydrogens (primary N) is 1. The zero-order valence-corrected chi connectivity index (χ0v) is 9.24. The lowest BCUT2D eigenvalue weighted by molar-refractivity contribution is 1.07. The Labute approximate surface area is 95.3 Å². The summed E-state index contributed by atoms with van der Waals surface area (Å²) in [7, 11) is 0. The van der Waals surface area contributed by atoms with Crippen LogP contribution in [0.25, 0.3) is 11.1 Å². The largest absolute Gasteiger partial charge is 0.326 e. The van der Waals surface area contributed by atoms with E-state index in [1.54, 1.807) is 0 Å². The van der Waals surface area contributed by atoms with E-state index in [0.29, 0.717) is 6.54 Å². The van der Waals surface area contributed by atoms with Crippen molar-refractivity contribution in [2.24, 2.45) is 5.73 Å². The molecule has 0 saturated carbocycles. The molecule has 0 heterocycles. The fourth-order valence-corrected chi connectivity index (χ4v) is 1.83. The van der Waals surface area contributed by atoms with Crippen molar-refractivity contribution in [2.45, 2.75) is 11.4 Å². The average Bonchev–Trinajstić information content (AvgIpc) is 2.31. The Morgan fingerprint density at radius 3 is 2.40 bits per heavy atom. The van der Waals surface area contributed by atoms with Gasteiger partial charge in [0.2, 0.25) is 0 Å². The fourth-order valence-electron chi connectivity index (χ4n) is 1.56. The highest BCUT2D eigenvalue weighted by Gasteiger charge is 2.02. The average molecular weight is 215 g/mol. The Kier molecular flexibility index (Phi) is 3.09. The van der Waals surface area contributed by atoms with Crippen molar-refractivity contribution in [3.63, 3.8) is 0 Å². The van der Waals surface area contributed by atoms with Gasteiger partial charge in [-0.1, -0.05) is 36.4 Å². The molecular formula is C13H13NS. The van der Waals surface area contributed by atoms with Crippen LogP contribution in [0.5, 0.6) is 0 Å². The van der Waals surface area contributed by atoms with Gasteiger partial charge in [0.15, 0.2) is 0 Å². The third kappa shape index (κ3) is 2.22. The molecule has 76 valence electrons. The molecule has 0 amide bonds. The van der Waals surface area contributed by atoms with Crippen LogP contribution in [0.1, 0.15) is 5.56 Å². The van der Waals surface area contributed by atoms with Crippen LogP contribution in [0.4, 0.5) is 0 Å². The molecule has 0 aliphatic rings. The second-order valence-corrected chi connectivity index (χ2v) is 3.90. The number of hydrogen-bond acceptors (Lipinski definition) is 2. The minimum atomic E-state index is 0.563. The van der Waals surface area contributed by atoms with E-state index >= 15 is 0 Å². The minimum absolute atomic E-state index is 0.563. The minimum Gasteiger partial charge on any atom is -0.326 e. The Hall–Kier alpha value is -1.25. The first kappa shape index (κ1) is 10.3. The second-order valence-electron chi connectivity index (χ2n) is 3.42. The monoisotopic (exact) mass is 215 g/mol. The van der Waals surface area contributed by atoms with Crippen LogP contribution < -0.4 is 5.73 Å². The topological polar surface area (TPSA) is 26.0 Å². The van der Waals surface area contributed by atoms with Crippen LogP contribution in [0.15, 0.2) is 53.4 Å². The van der Waals surface area contributed by atoms with Crippen LogP contribution in [-0.4, -0.2) is 0 Å². The van der Waals surface area contributed by atoms with Gasteiger partial charge in [-0.25, -0.2) is 0 Å². The van der Waals surface area contributed by atoms with Crippen molar-refractivity contribution in [2.75, 3.05) is 0 Å². The number of rotatable bonds is 2. The van der Waals surface area contributed by atoms with Gasteiger partial charge >= 0.3 is 0 Å². The number of hydrogen-bond donors (Lipinski definition) is 2. The first-order valence-corrected chi connectivity index (χ1v) is 5.33. The molecule has 0 spiro atoms. The third-order valence-corrected chi connectivity index (χ3v) is 2.77.